The van der Waals surface area contributed by atoms with E-state index >= 15 is 0 Å². The normalized spacial score (nSPS) is 21.8. The molecule has 0 spiro atoms. The molecule has 0 aromatic rings. The zero-order valence-electron chi connectivity index (χ0n) is 10.9. The summed E-state index contributed by atoms with van der Waals surface area (Å²) >= 11 is 1.54. The summed E-state index contributed by atoms with van der Waals surface area (Å²) in [5.41, 5.74) is 5.71. The molecule has 2 rings (SSSR count). The zero-order valence-corrected chi connectivity index (χ0v) is 11.7. The largest absolute Gasteiger partial charge is 0.477 e. The lowest BCUT2D eigenvalue weighted by molar-refractivity contribution is -0.146. The minimum Gasteiger partial charge on any atom is -0.477 e. The number of thioether (sulfide) groups is 1. The van der Waals surface area contributed by atoms with Gasteiger partial charge in [-0.2, -0.15) is 0 Å². The van der Waals surface area contributed by atoms with Crippen molar-refractivity contribution in [3.8, 4) is 0 Å². The second-order valence-electron chi connectivity index (χ2n) is 4.53. The maximum Gasteiger partial charge on any atom is 0.352 e. The van der Waals surface area contributed by atoms with Gasteiger partial charge in [-0.05, 0) is 5.57 Å². The Balaban J connectivity index is 2.16. The topological polar surface area (TPSA) is 104 Å². The van der Waals surface area contributed by atoms with Gasteiger partial charge in [0.05, 0.1) is 11.8 Å². The van der Waals surface area contributed by atoms with Gasteiger partial charge in [0.15, 0.2) is 0 Å². The Bertz CT molecular complexity index is 529. The van der Waals surface area contributed by atoms with Crippen LogP contribution >= 0.6 is 11.8 Å². The minimum atomic E-state index is -1.11. The Hall–Kier alpha value is -1.96. The molecule has 0 bridgehead atoms. The van der Waals surface area contributed by atoms with E-state index in [1.807, 2.05) is 0 Å². The lowest BCUT2D eigenvalue weighted by atomic mass is 10.1. The quantitative estimate of drug-likeness (QED) is 0.721. The number of allylic oxidation sites excluding steroid dienone is 1. The summed E-state index contributed by atoms with van der Waals surface area (Å²) in [6.45, 7) is 0.285. The molecule has 2 aliphatic rings. The first-order valence-electron chi connectivity index (χ1n) is 5.99. The first-order valence-corrected chi connectivity index (χ1v) is 7.04. The molecule has 0 unspecified atom stereocenters. The molecule has 0 aromatic heterocycles. The molecular formula is C12H15N3O4S. The van der Waals surface area contributed by atoms with Crippen molar-refractivity contribution in [2.75, 3.05) is 19.3 Å². The Morgan fingerprint density at radius 2 is 2.30 bits per heavy atom. The fourth-order valence-corrected chi connectivity index (χ4v) is 3.25. The van der Waals surface area contributed by atoms with E-state index in [9.17, 15) is 19.5 Å². The highest BCUT2D eigenvalue weighted by Crippen LogP contribution is 2.40. The molecule has 3 amide bonds. The number of carbonyl (C=O) groups is 3. The van der Waals surface area contributed by atoms with Crippen molar-refractivity contribution in [3.05, 3.63) is 23.4 Å². The molecule has 1 fully saturated rings. The number of nitrogens with two attached hydrogens (primary N) is 1. The number of carboxylic acids is 1. The van der Waals surface area contributed by atoms with E-state index in [2.05, 4.69) is 0 Å². The molecule has 0 saturated carbocycles. The van der Waals surface area contributed by atoms with Crippen LogP contribution in [0.1, 0.15) is 6.42 Å². The van der Waals surface area contributed by atoms with E-state index in [-0.39, 0.29) is 23.5 Å². The minimum absolute atomic E-state index is 0.0444. The van der Waals surface area contributed by atoms with Gasteiger partial charge in [-0.25, -0.2) is 9.59 Å². The third-order valence-corrected chi connectivity index (χ3v) is 4.40. The number of carbonyl (C=O) groups excluding carboxylic acids is 2. The van der Waals surface area contributed by atoms with E-state index < -0.39 is 12.0 Å². The smallest absolute Gasteiger partial charge is 0.352 e. The van der Waals surface area contributed by atoms with Gasteiger partial charge < -0.3 is 15.7 Å². The highest BCUT2D eigenvalue weighted by atomic mass is 32.2. The molecule has 2 heterocycles. The monoisotopic (exact) mass is 297 g/mol. The van der Waals surface area contributed by atoms with Crippen molar-refractivity contribution in [3.63, 3.8) is 0 Å². The molecule has 108 valence electrons. The van der Waals surface area contributed by atoms with Crippen molar-refractivity contribution in [2.45, 2.75) is 11.8 Å². The second-order valence-corrected chi connectivity index (χ2v) is 5.70. The van der Waals surface area contributed by atoms with Crippen LogP contribution < -0.4 is 5.73 Å². The van der Waals surface area contributed by atoms with Gasteiger partial charge in [0, 0.05) is 19.3 Å². The summed E-state index contributed by atoms with van der Waals surface area (Å²) < 4.78 is 0. The Labute approximate surface area is 120 Å². The summed E-state index contributed by atoms with van der Waals surface area (Å²) in [7, 11) is 1.55. The first kappa shape index (κ1) is 14.4. The molecule has 0 aromatic carbocycles. The maximum atomic E-state index is 11.5. The predicted octanol–water partition coefficient (Wildman–Crippen LogP) is 0.197. The van der Waals surface area contributed by atoms with E-state index in [4.69, 9.17) is 5.73 Å². The summed E-state index contributed by atoms with van der Waals surface area (Å²) in [5.74, 6) is -0.738. The van der Waals surface area contributed by atoms with Gasteiger partial charge in [0.1, 0.15) is 5.70 Å². The molecule has 8 heteroatoms. The second kappa shape index (κ2) is 5.58. The highest BCUT2D eigenvalue weighted by molar-refractivity contribution is 8.00. The van der Waals surface area contributed by atoms with Crippen LogP contribution in [0.2, 0.25) is 0 Å². The van der Waals surface area contributed by atoms with Crippen molar-refractivity contribution in [1.29, 1.82) is 0 Å². The van der Waals surface area contributed by atoms with Crippen LogP contribution in [0.15, 0.2) is 23.4 Å². The molecule has 1 atom stereocenters. The number of carboxylic acid groups (broad SMARTS) is 1. The number of rotatable bonds is 4. The predicted molar refractivity (Wildman–Crippen MR) is 73.7 cm³/mol. The Kier molecular flexibility index (Phi) is 4.03. The van der Waals surface area contributed by atoms with Crippen LogP contribution in [-0.4, -0.2) is 57.5 Å². The maximum absolute atomic E-state index is 11.5. The average Bonchev–Trinajstić information content (AvgIpc) is 2.37. The molecule has 0 aliphatic carbocycles. The lowest BCUT2D eigenvalue weighted by Crippen LogP contribution is -2.53. The van der Waals surface area contributed by atoms with Crippen LogP contribution in [0.5, 0.6) is 0 Å². The number of aliphatic carboxylic acids is 1. The number of hydrogen-bond acceptors (Lipinski definition) is 4. The average molecular weight is 297 g/mol. The van der Waals surface area contributed by atoms with Crippen LogP contribution in [0.4, 0.5) is 4.79 Å². The first-order chi connectivity index (χ1) is 9.41. The summed E-state index contributed by atoms with van der Waals surface area (Å²) in [4.78, 5) is 36.3. The standard InChI is InChI=1S/C12H15N3O4S/c1-14(12(13)19)4-2-3-7-6-20-9-5-8(16)15(9)10(7)11(17)18/h2-3,9H,4-6H2,1H3,(H2,13,19)(H,17,18)/b3-2+/t9-/m0/s1. The number of likely N-dealkylation sites (N-methyl/N-ethyl adjacent to an activating group) is 1. The van der Waals surface area contributed by atoms with E-state index in [1.165, 1.54) is 21.6 Å². The molecular weight excluding hydrogens is 282 g/mol. The fourth-order valence-electron chi connectivity index (χ4n) is 2.01. The van der Waals surface area contributed by atoms with Gasteiger partial charge in [-0.15, -0.1) is 11.8 Å². The van der Waals surface area contributed by atoms with Gasteiger partial charge >= 0.3 is 12.0 Å². The molecule has 7 nitrogen and oxygen atoms in total. The summed E-state index contributed by atoms with van der Waals surface area (Å²) in [5, 5.41) is 9.21. The van der Waals surface area contributed by atoms with Crippen molar-refractivity contribution < 1.29 is 19.5 Å². The lowest BCUT2D eigenvalue weighted by Gasteiger charge is -2.43. The van der Waals surface area contributed by atoms with Crippen molar-refractivity contribution >= 4 is 29.7 Å². The summed E-state index contributed by atoms with van der Waals surface area (Å²) in [6, 6.07) is -0.557. The van der Waals surface area contributed by atoms with Crippen LogP contribution in [-0.2, 0) is 9.59 Å². The number of hydrogen-bond donors (Lipinski definition) is 2. The van der Waals surface area contributed by atoms with Gasteiger partial charge in [0.2, 0.25) is 5.91 Å². The van der Waals surface area contributed by atoms with Gasteiger partial charge in [-0.1, -0.05) is 12.2 Å². The highest BCUT2D eigenvalue weighted by Gasteiger charge is 2.44. The third-order valence-electron chi connectivity index (χ3n) is 3.16. The molecule has 0 radical (unpaired) electrons. The number of nitrogens with zero attached hydrogens (tertiary/aromatic N) is 2. The number of β-lactam (4-membered cyclic amide) rings is 1. The van der Waals surface area contributed by atoms with Crippen LogP contribution in [0.3, 0.4) is 0 Å². The molecule has 20 heavy (non-hydrogen) atoms. The summed E-state index contributed by atoms with van der Waals surface area (Å²) in [6.07, 6.45) is 3.69. The fraction of sp³-hybridized carbons (Fsp3) is 0.417. The number of primary amides is 1. The van der Waals surface area contributed by atoms with Crippen molar-refractivity contribution in [1.82, 2.24) is 9.80 Å². The molecule has 1 saturated heterocycles. The van der Waals surface area contributed by atoms with Crippen LogP contribution in [0.25, 0.3) is 0 Å². The van der Waals surface area contributed by atoms with Gasteiger partial charge in [0.25, 0.3) is 0 Å². The SMILES string of the molecule is CN(C/C=C/C1=C(C(=O)O)N2C(=O)C[C@@H]2SC1)C(N)=O. The Morgan fingerprint density at radius 1 is 1.60 bits per heavy atom. The molecule has 2 aliphatic heterocycles. The number of urea groups is 1. The number of fused-ring (bicyclic) bond motifs is 1. The molecule has 3 N–H and O–H groups in total. The zero-order chi connectivity index (χ0) is 14.9. The number of amides is 3. The van der Waals surface area contributed by atoms with E-state index in [1.54, 1.807) is 19.2 Å². The third kappa shape index (κ3) is 2.64. The van der Waals surface area contributed by atoms with Crippen molar-refractivity contribution in [2.24, 2.45) is 5.73 Å². The van der Waals surface area contributed by atoms with Crippen LogP contribution in [0, 0.1) is 0 Å². The van der Waals surface area contributed by atoms with E-state index in [0.29, 0.717) is 17.7 Å². The van der Waals surface area contributed by atoms with Gasteiger partial charge in [-0.3, -0.25) is 9.69 Å². The van der Waals surface area contributed by atoms with E-state index in [0.717, 1.165) is 0 Å². The Morgan fingerprint density at radius 3 is 2.85 bits per heavy atom.